The number of esters is 1. The monoisotopic (exact) mass is 896 g/mol. The summed E-state index contributed by atoms with van der Waals surface area (Å²) in [6.45, 7) is 12.5. The molecule has 64 heavy (non-hydrogen) atoms. The van der Waals surface area contributed by atoms with E-state index in [0.717, 1.165) is 24.3 Å². The number of anilines is 4. The van der Waals surface area contributed by atoms with Gasteiger partial charge in [-0.2, -0.15) is 5.10 Å². The number of hydrogen-bond acceptors (Lipinski definition) is 16. The van der Waals surface area contributed by atoms with Crippen molar-refractivity contribution in [3.8, 4) is 5.75 Å². The van der Waals surface area contributed by atoms with Gasteiger partial charge < -0.3 is 35.6 Å². The number of ether oxygens (including phenoxy) is 2. The summed E-state index contributed by atoms with van der Waals surface area (Å²) in [5.74, 6) is -0.466. The molecular formula is C43H52N12O8S. The van der Waals surface area contributed by atoms with Crippen LogP contribution in [0.4, 0.5) is 23.3 Å². The molecular weight excluding hydrogens is 845 g/mol. The number of rotatable bonds is 16. The molecule has 1 fully saturated rings. The quantitative estimate of drug-likeness (QED) is 0.0813. The number of benzene rings is 2. The number of H-pyrrole nitrogens is 1. The van der Waals surface area contributed by atoms with E-state index in [9.17, 15) is 27.6 Å². The number of nitrogens with zero attached hydrogens (tertiary/aromatic N) is 8. The number of carbonyl (C=O) groups is 4. The predicted octanol–water partition coefficient (Wildman–Crippen LogP) is 3.68. The fraction of sp³-hybridized carbons (Fsp3) is 0.419. The molecule has 1 unspecified atom stereocenters. The van der Waals surface area contributed by atoms with Crippen LogP contribution in [-0.2, 0) is 30.7 Å². The van der Waals surface area contributed by atoms with Crippen molar-refractivity contribution in [2.24, 2.45) is 5.73 Å². The number of sulfone groups is 1. The van der Waals surface area contributed by atoms with Gasteiger partial charge in [-0.05, 0) is 65.7 Å². The number of aryl methyl sites for hydroxylation is 1. The smallest absolute Gasteiger partial charge is 0.305 e. The van der Waals surface area contributed by atoms with Crippen molar-refractivity contribution >= 4 is 67.7 Å². The van der Waals surface area contributed by atoms with E-state index in [1.54, 1.807) is 51.1 Å². The highest BCUT2D eigenvalue weighted by atomic mass is 32.2. The average molecular weight is 897 g/mol. The molecule has 3 amide bonds. The first-order chi connectivity index (χ1) is 30.5. The third-order valence-corrected chi connectivity index (χ3v) is 14.0. The largest absolute Gasteiger partial charge is 0.492 e. The molecule has 2 aliphatic heterocycles. The molecule has 0 radical (unpaired) electrons. The van der Waals surface area contributed by atoms with E-state index in [2.05, 4.69) is 50.4 Å². The van der Waals surface area contributed by atoms with Gasteiger partial charge in [0.1, 0.15) is 28.8 Å². The van der Waals surface area contributed by atoms with E-state index in [0.29, 0.717) is 71.4 Å². The highest BCUT2D eigenvalue weighted by Gasteiger charge is 2.38. The Labute approximate surface area is 370 Å². The van der Waals surface area contributed by atoms with Crippen LogP contribution in [0.5, 0.6) is 5.75 Å². The van der Waals surface area contributed by atoms with Crippen LogP contribution in [0.25, 0.3) is 10.9 Å². The Kier molecular flexibility index (Phi) is 13.1. The Balaban J connectivity index is 0.929. The van der Waals surface area contributed by atoms with Crippen LogP contribution in [0.15, 0.2) is 53.9 Å². The van der Waals surface area contributed by atoms with Crippen LogP contribution < -0.4 is 26.0 Å². The summed E-state index contributed by atoms with van der Waals surface area (Å²) in [5, 5.41) is 13.8. The zero-order chi connectivity index (χ0) is 45.9. The van der Waals surface area contributed by atoms with Crippen molar-refractivity contribution in [1.82, 2.24) is 39.9 Å². The number of fused-ring (bicyclic) bond motifs is 2. The molecule has 21 heteroatoms. The molecule has 5 N–H and O–H groups in total. The first-order valence-electron chi connectivity index (χ1n) is 20.8. The summed E-state index contributed by atoms with van der Waals surface area (Å²) < 4.78 is 37.6. The Bertz CT molecular complexity index is 2690. The summed E-state index contributed by atoms with van der Waals surface area (Å²) >= 11 is 0. The summed E-state index contributed by atoms with van der Waals surface area (Å²) in [6.07, 6.45) is 4.86. The minimum Gasteiger partial charge on any atom is -0.492 e. The summed E-state index contributed by atoms with van der Waals surface area (Å²) in [7, 11) is -2.60. The zero-order valence-corrected chi connectivity index (χ0v) is 37.4. The van der Waals surface area contributed by atoms with E-state index in [-0.39, 0.29) is 42.2 Å². The van der Waals surface area contributed by atoms with Crippen molar-refractivity contribution in [2.75, 3.05) is 62.0 Å². The van der Waals surface area contributed by atoms with Gasteiger partial charge in [0.05, 0.1) is 29.5 Å². The first-order valence-corrected chi connectivity index (χ1v) is 22.3. The second-order valence-corrected chi connectivity index (χ2v) is 19.3. The molecule has 0 aliphatic carbocycles. The fourth-order valence-electron chi connectivity index (χ4n) is 7.50. The standard InChI is InChI=1S/C43H52N12O8S/c1-25-26(2)51-52-38(25)50-39-29-19-35(64(60,61)43(3,4)5)34(20-32(29)47-24-48-39)63-18-8-13-53-14-16-54(17-15-53)42-45-21-27(22-46-42)40(58)49-31-10-7-9-28-30(31)23-55(41(28)59)33(37(44)57)11-12-36(56)62-6/h7,9-10,19-22,24,33H,8,11-18,23H2,1-6H3,(H2,44,57)(H,49,58)(H2,47,48,50,51,52). The summed E-state index contributed by atoms with van der Waals surface area (Å²) in [6, 6.07) is 7.10. The highest BCUT2D eigenvalue weighted by molar-refractivity contribution is 7.92. The second kappa shape index (κ2) is 18.5. The van der Waals surface area contributed by atoms with Gasteiger partial charge in [-0.1, -0.05) is 6.07 Å². The molecule has 0 spiro atoms. The molecule has 0 bridgehead atoms. The highest BCUT2D eigenvalue weighted by Crippen LogP contribution is 2.38. The van der Waals surface area contributed by atoms with Gasteiger partial charge in [0.25, 0.3) is 11.8 Å². The SMILES string of the molecule is COC(=O)CCC(C(N)=O)N1Cc2c(NC(=O)c3cnc(N4CCN(CCCOc5cc6ncnc(Nc7n[nH]c(C)c7C)c6cc5S(=O)(=O)C(C)(C)C)CC4)nc3)cccc2C1=O. The Morgan fingerprint density at radius 2 is 1.73 bits per heavy atom. The van der Waals surface area contributed by atoms with Gasteiger partial charge in [-0.25, -0.2) is 28.4 Å². The molecule has 0 saturated carbocycles. The average Bonchev–Trinajstić information content (AvgIpc) is 3.78. The van der Waals surface area contributed by atoms with E-state index in [1.165, 1.54) is 30.7 Å². The zero-order valence-electron chi connectivity index (χ0n) is 36.6. The van der Waals surface area contributed by atoms with Gasteiger partial charge in [0, 0.05) is 97.6 Å². The summed E-state index contributed by atoms with van der Waals surface area (Å²) in [4.78, 5) is 74.1. The molecule has 2 aromatic carbocycles. The maximum Gasteiger partial charge on any atom is 0.305 e. The van der Waals surface area contributed by atoms with Gasteiger partial charge >= 0.3 is 5.97 Å². The van der Waals surface area contributed by atoms with Crippen LogP contribution in [0.3, 0.4) is 0 Å². The van der Waals surface area contributed by atoms with Crippen molar-refractivity contribution < 1.29 is 37.1 Å². The van der Waals surface area contributed by atoms with Gasteiger partial charge in [0.2, 0.25) is 11.9 Å². The topological polar surface area (TPSA) is 261 Å². The third-order valence-electron chi connectivity index (χ3n) is 11.5. The lowest BCUT2D eigenvalue weighted by atomic mass is 10.1. The fourth-order valence-corrected chi connectivity index (χ4v) is 8.82. The Morgan fingerprint density at radius 3 is 2.39 bits per heavy atom. The summed E-state index contributed by atoms with van der Waals surface area (Å²) in [5.41, 5.74) is 9.39. The molecule has 3 aromatic heterocycles. The number of piperazine rings is 1. The van der Waals surface area contributed by atoms with Gasteiger partial charge in [-0.3, -0.25) is 29.2 Å². The Hall–Kier alpha value is -6.74. The lowest BCUT2D eigenvalue weighted by Gasteiger charge is -2.34. The van der Waals surface area contributed by atoms with Crippen molar-refractivity contribution in [3.63, 3.8) is 0 Å². The molecule has 20 nitrogen and oxygen atoms in total. The van der Waals surface area contributed by atoms with Gasteiger partial charge in [-0.15, -0.1) is 0 Å². The molecule has 5 aromatic rings. The van der Waals surface area contributed by atoms with Gasteiger partial charge in [0.15, 0.2) is 15.7 Å². The Morgan fingerprint density at radius 1 is 1.00 bits per heavy atom. The van der Waals surface area contributed by atoms with Crippen LogP contribution in [0.1, 0.15) is 77.6 Å². The number of hydrogen-bond donors (Lipinski definition) is 4. The van der Waals surface area contributed by atoms with Crippen LogP contribution in [-0.4, -0.2) is 129 Å². The number of primary amides is 1. The van der Waals surface area contributed by atoms with Crippen LogP contribution >= 0.6 is 0 Å². The van der Waals surface area contributed by atoms with E-state index >= 15 is 0 Å². The lowest BCUT2D eigenvalue weighted by molar-refractivity contribution is -0.141. The van der Waals surface area contributed by atoms with E-state index < -0.39 is 44.3 Å². The minimum absolute atomic E-state index is 0.00329. The van der Waals surface area contributed by atoms with E-state index in [4.69, 9.17) is 10.5 Å². The van der Waals surface area contributed by atoms with Crippen molar-refractivity contribution in [2.45, 2.75) is 76.1 Å². The normalized spacial score (nSPS) is 14.9. The van der Waals surface area contributed by atoms with Crippen LogP contribution in [0, 0.1) is 13.8 Å². The number of nitrogens with two attached hydrogens (primary N) is 1. The second-order valence-electron chi connectivity index (χ2n) is 16.7. The number of nitrogens with one attached hydrogen (secondary N) is 3. The van der Waals surface area contributed by atoms with Crippen molar-refractivity contribution in [3.05, 3.63) is 77.0 Å². The van der Waals surface area contributed by atoms with E-state index in [1.807, 2.05) is 18.7 Å². The number of aromatic nitrogens is 6. The molecule has 1 atom stereocenters. The first kappa shape index (κ1) is 45.3. The number of carbonyl (C=O) groups excluding carboxylic acids is 4. The maximum atomic E-state index is 13.9. The number of methoxy groups -OCH3 is 1. The number of aromatic amines is 1. The molecule has 7 rings (SSSR count). The maximum absolute atomic E-state index is 13.9. The molecule has 5 heterocycles. The minimum atomic E-state index is -3.84. The lowest BCUT2D eigenvalue weighted by Crippen LogP contribution is -2.47. The molecule has 338 valence electrons. The van der Waals surface area contributed by atoms with Crippen molar-refractivity contribution in [1.29, 1.82) is 0 Å². The van der Waals surface area contributed by atoms with Crippen LogP contribution in [0.2, 0.25) is 0 Å². The predicted molar refractivity (Wildman–Crippen MR) is 237 cm³/mol. The molecule has 2 aliphatic rings. The molecule has 1 saturated heterocycles. The number of amides is 3. The third kappa shape index (κ3) is 9.44.